The third kappa shape index (κ3) is 2.54. The molecule has 0 spiro atoms. The third-order valence-corrected chi connectivity index (χ3v) is 2.36. The van der Waals surface area contributed by atoms with Crippen molar-refractivity contribution in [2.75, 3.05) is 17.7 Å². The van der Waals surface area contributed by atoms with Gasteiger partial charge in [-0.1, -0.05) is 16.7 Å². The SMILES string of the molecule is CNc1ccc(Cl)c(C(=O)Nc2nnn(C)n2)n1. The second-order valence-electron chi connectivity index (χ2n) is 3.33. The van der Waals surface area contributed by atoms with Crippen LogP contribution in [0.2, 0.25) is 5.02 Å². The third-order valence-electron chi connectivity index (χ3n) is 2.05. The first kappa shape index (κ1) is 12.2. The van der Waals surface area contributed by atoms with E-state index < -0.39 is 5.91 Å². The van der Waals surface area contributed by atoms with E-state index in [9.17, 15) is 4.79 Å². The van der Waals surface area contributed by atoms with Crippen LogP contribution >= 0.6 is 11.6 Å². The van der Waals surface area contributed by atoms with Crippen molar-refractivity contribution in [1.82, 2.24) is 25.2 Å². The predicted molar refractivity (Wildman–Crippen MR) is 65.5 cm³/mol. The van der Waals surface area contributed by atoms with Gasteiger partial charge in [0.2, 0.25) is 0 Å². The molecule has 2 aromatic rings. The maximum absolute atomic E-state index is 11.9. The maximum atomic E-state index is 11.9. The van der Waals surface area contributed by atoms with Crippen LogP contribution in [0.15, 0.2) is 12.1 Å². The number of aryl methyl sites for hydroxylation is 1. The molecule has 9 heteroatoms. The number of anilines is 2. The van der Waals surface area contributed by atoms with E-state index in [0.29, 0.717) is 5.82 Å². The van der Waals surface area contributed by atoms with Gasteiger partial charge in [0.25, 0.3) is 11.9 Å². The molecular formula is C9H10ClN7O. The molecule has 2 heterocycles. The monoisotopic (exact) mass is 267 g/mol. The van der Waals surface area contributed by atoms with E-state index in [1.165, 1.54) is 4.80 Å². The van der Waals surface area contributed by atoms with E-state index in [4.69, 9.17) is 11.6 Å². The van der Waals surface area contributed by atoms with Crippen LogP contribution in [0.25, 0.3) is 0 Å². The molecular weight excluding hydrogens is 258 g/mol. The first-order valence-electron chi connectivity index (χ1n) is 5.00. The average molecular weight is 268 g/mol. The normalized spacial score (nSPS) is 10.2. The van der Waals surface area contributed by atoms with Gasteiger partial charge in [-0.2, -0.15) is 4.80 Å². The molecule has 8 nitrogen and oxygen atoms in total. The summed E-state index contributed by atoms with van der Waals surface area (Å²) in [6.07, 6.45) is 0. The number of pyridine rings is 1. The summed E-state index contributed by atoms with van der Waals surface area (Å²) in [5.74, 6) is 0.136. The fourth-order valence-electron chi connectivity index (χ4n) is 1.24. The molecule has 0 saturated heterocycles. The van der Waals surface area contributed by atoms with Gasteiger partial charge >= 0.3 is 0 Å². The van der Waals surface area contributed by atoms with E-state index in [2.05, 4.69) is 31.0 Å². The van der Waals surface area contributed by atoms with Gasteiger partial charge < -0.3 is 5.32 Å². The van der Waals surface area contributed by atoms with Gasteiger partial charge in [-0.3, -0.25) is 10.1 Å². The Morgan fingerprint density at radius 1 is 1.44 bits per heavy atom. The number of aromatic nitrogens is 5. The van der Waals surface area contributed by atoms with Crippen molar-refractivity contribution in [2.24, 2.45) is 7.05 Å². The van der Waals surface area contributed by atoms with Crippen molar-refractivity contribution < 1.29 is 4.79 Å². The highest BCUT2D eigenvalue weighted by atomic mass is 35.5. The van der Waals surface area contributed by atoms with E-state index in [-0.39, 0.29) is 16.7 Å². The van der Waals surface area contributed by atoms with Crippen molar-refractivity contribution in [3.63, 3.8) is 0 Å². The number of nitrogens with zero attached hydrogens (tertiary/aromatic N) is 5. The van der Waals surface area contributed by atoms with Gasteiger partial charge in [0.05, 0.1) is 12.1 Å². The fourth-order valence-corrected chi connectivity index (χ4v) is 1.43. The summed E-state index contributed by atoms with van der Waals surface area (Å²) in [6.45, 7) is 0. The van der Waals surface area contributed by atoms with Crippen LogP contribution in [-0.2, 0) is 7.05 Å². The number of nitrogens with one attached hydrogen (secondary N) is 2. The van der Waals surface area contributed by atoms with Gasteiger partial charge in [-0.15, -0.1) is 5.10 Å². The lowest BCUT2D eigenvalue weighted by Crippen LogP contribution is -2.16. The Morgan fingerprint density at radius 2 is 2.22 bits per heavy atom. The highest BCUT2D eigenvalue weighted by Crippen LogP contribution is 2.17. The van der Waals surface area contributed by atoms with Crippen molar-refractivity contribution in [3.05, 3.63) is 22.8 Å². The summed E-state index contributed by atoms with van der Waals surface area (Å²) in [6, 6.07) is 3.25. The van der Waals surface area contributed by atoms with Gasteiger partial charge in [0.1, 0.15) is 11.5 Å². The molecule has 94 valence electrons. The molecule has 18 heavy (non-hydrogen) atoms. The van der Waals surface area contributed by atoms with Crippen LogP contribution < -0.4 is 10.6 Å². The molecule has 0 saturated carbocycles. The molecule has 0 aromatic carbocycles. The lowest BCUT2D eigenvalue weighted by Gasteiger charge is -2.05. The van der Waals surface area contributed by atoms with E-state index in [1.54, 1.807) is 26.2 Å². The lowest BCUT2D eigenvalue weighted by molar-refractivity contribution is 0.102. The maximum Gasteiger partial charge on any atom is 0.278 e. The highest BCUT2D eigenvalue weighted by molar-refractivity contribution is 6.34. The molecule has 0 fully saturated rings. The van der Waals surface area contributed by atoms with Crippen molar-refractivity contribution in [1.29, 1.82) is 0 Å². The summed E-state index contributed by atoms with van der Waals surface area (Å²) in [7, 11) is 3.29. The van der Waals surface area contributed by atoms with Crippen LogP contribution in [-0.4, -0.2) is 38.1 Å². The van der Waals surface area contributed by atoms with Crippen LogP contribution in [0.3, 0.4) is 0 Å². The molecule has 2 rings (SSSR count). The molecule has 2 N–H and O–H groups in total. The molecule has 0 unspecified atom stereocenters. The summed E-state index contributed by atoms with van der Waals surface area (Å²) in [5.41, 5.74) is 0.0935. The van der Waals surface area contributed by atoms with Crippen LogP contribution in [0, 0.1) is 0 Å². The second kappa shape index (κ2) is 4.96. The summed E-state index contributed by atoms with van der Waals surface area (Å²) < 4.78 is 0. The van der Waals surface area contributed by atoms with E-state index >= 15 is 0 Å². The van der Waals surface area contributed by atoms with Crippen LogP contribution in [0.1, 0.15) is 10.5 Å². The molecule has 0 aliphatic heterocycles. The number of carbonyl (C=O) groups is 1. The number of hydrogen-bond acceptors (Lipinski definition) is 6. The molecule has 0 bridgehead atoms. The second-order valence-corrected chi connectivity index (χ2v) is 3.74. The molecule has 0 aliphatic carbocycles. The van der Waals surface area contributed by atoms with Crippen molar-refractivity contribution in [2.45, 2.75) is 0 Å². The van der Waals surface area contributed by atoms with Gasteiger partial charge in [0, 0.05) is 7.05 Å². The Kier molecular flexibility index (Phi) is 3.38. The number of amides is 1. The number of halogens is 1. The molecule has 1 amide bonds. The average Bonchev–Trinajstić information content (AvgIpc) is 2.75. The summed E-state index contributed by atoms with van der Waals surface area (Å²) >= 11 is 5.91. The zero-order chi connectivity index (χ0) is 13.1. The fraction of sp³-hybridized carbons (Fsp3) is 0.222. The lowest BCUT2D eigenvalue weighted by atomic mass is 10.3. The Balaban J connectivity index is 2.23. The van der Waals surface area contributed by atoms with Gasteiger partial charge in [-0.25, -0.2) is 4.98 Å². The Hall–Kier alpha value is -2.22. The zero-order valence-corrected chi connectivity index (χ0v) is 10.4. The highest BCUT2D eigenvalue weighted by Gasteiger charge is 2.15. The topological polar surface area (TPSA) is 97.6 Å². The van der Waals surface area contributed by atoms with E-state index in [1.807, 2.05) is 0 Å². The summed E-state index contributed by atoms with van der Waals surface area (Å²) in [4.78, 5) is 17.2. The van der Waals surface area contributed by atoms with Crippen molar-refractivity contribution >= 4 is 29.3 Å². The molecule has 0 radical (unpaired) electrons. The first-order chi connectivity index (χ1) is 8.60. The predicted octanol–water partition coefficient (Wildman–Crippen LogP) is 0.552. The smallest absolute Gasteiger partial charge is 0.278 e. The van der Waals surface area contributed by atoms with Gasteiger partial charge in [0.15, 0.2) is 0 Å². The number of carbonyl (C=O) groups excluding carboxylic acids is 1. The van der Waals surface area contributed by atoms with Crippen molar-refractivity contribution in [3.8, 4) is 0 Å². The van der Waals surface area contributed by atoms with Crippen LogP contribution in [0.5, 0.6) is 0 Å². The molecule has 0 aliphatic rings. The molecule has 0 atom stereocenters. The minimum Gasteiger partial charge on any atom is -0.373 e. The summed E-state index contributed by atoms with van der Waals surface area (Å²) in [5, 5.41) is 16.6. The number of hydrogen-bond donors (Lipinski definition) is 2. The number of tetrazole rings is 1. The zero-order valence-electron chi connectivity index (χ0n) is 9.68. The number of rotatable bonds is 3. The largest absolute Gasteiger partial charge is 0.373 e. The first-order valence-corrected chi connectivity index (χ1v) is 5.37. The van der Waals surface area contributed by atoms with Gasteiger partial charge in [-0.05, 0) is 17.3 Å². The quantitative estimate of drug-likeness (QED) is 0.843. The standard InChI is InChI=1S/C9H10ClN7O/c1-11-6-4-3-5(10)7(12-6)8(18)13-9-14-16-17(2)15-9/h3-4H,1-2H3,(H,11,12)(H,13,15,18). The Labute approximate surface area is 107 Å². The van der Waals surface area contributed by atoms with E-state index in [0.717, 1.165) is 0 Å². The minimum absolute atomic E-state index is 0.0928. The Morgan fingerprint density at radius 3 is 2.83 bits per heavy atom. The Bertz CT molecular complexity index is 582. The van der Waals surface area contributed by atoms with Crippen LogP contribution in [0.4, 0.5) is 11.8 Å². The minimum atomic E-state index is -0.495. The molecule has 2 aromatic heterocycles.